The van der Waals surface area contributed by atoms with Crippen molar-refractivity contribution in [3.05, 3.63) is 35.1 Å². The summed E-state index contributed by atoms with van der Waals surface area (Å²) in [6, 6.07) is 3.91. The second-order valence-corrected chi connectivity index (χ2v) is 3.81. The van der Waals surface area contributed by atoms with Crippen LogP contribution in [0.15, 0.2) is 18.2 Å². The van der Waals surface area contributed by atoms with Gasteiger partial charge in [0.25, 0.3) is 0 Å². The van der Waals surface area contributed by atoms with Gasteiger partial charge >= 0.3 is 0 Å². The van der Waals surface area contributed by atoms with E-state index in [1.165, 1.54) is 6.07 Å². The Bertz CT molecular complexity index is 379. The highest BCUT2D eigenvalue weighted by Gasteiger charge is 2.20. The van der Waals surface area contributed by atoms with Gasteiger partial charge in [0.1, 0.15) is 11.9 Å². The summed E-state index contributed by atoms with van der Waals surface area (Å²) >= 11 is 0. The molecule has 4 heteroatoms. The SMILES string of the molecule is CCCNC(C(N)=O)c1cc(C)ccc1F. The second-order valence-electron chi connectivity index (χ2n) is 3.81. The smallest absolute Gasteiger partial charge is 0.239 e. The quantitative estimate of drug-likeness (QED) is 0.799. The summed E-state index contributed by atoms with van der Waals surface area (Å²) in [5, 5.41) is 2.94. The highest BCUT2D eigenvalue weighted by molar-refractivity contribution is 5.81. The van der Waals surface area contributed by atoms with Gasteiger partial charge in [-0.1, -0.05) is 24.6 Å². The maximum Gasteiger partial charge on any atom is 0.239 e. The number of benzene rings is 1. The fraction of sp³-hybridized carbons (Fsp3) is 0.417. The van der Waals surface area contributed by atoms with Gasteiger partial charge in [0.15, 0.2) is 0 Å². The van der Waals surface area contributed by atoms with Crippen LogP contribution in [-0.2, 0) is 4.79 Å². The monoisotopic (exact) mass is 224 g/mol. The predicted octanol–water partition coefficient (Wildman–Crippen LogP) is 1.66. The molecule has 1 aromatic rings. The molecule has 0 aromatic heterocycles. The van der Waals surface area contributed by atoms with E-state index in [0.29, 0.717) is 12.1 Å². The van der Waals surface area contributed by atoms with E-state index in [9.17, 15) is 9.18 Å². The second kappa shape index (κ2) is 5.61. The molecule has 3 N–H and O–H groups in total. The van der Waals surface area contributed by atoms with Gasteiger partial charge in [-0.05, 0) is 26.0 Å². The van der Waals surface area contributed by atoms with Crippen molar-refractivity contribution in [3.8, 4) is 0 Å². The summed E-state index contributed by atoms with van der Waals surface area (Å²) in [6.45, 7) is 4.44. The van der Waals surface area contributed by atoms with Crippen molar-refractivity contribution in [1.29, 1.82) is 0 Å². The molecule has 0 saturated carbocycles. The first-order chi connectivity index (χ1) is 7.56. The van der Waals surface area contributed by atoms with Crippen LogP contribution in [0.5, 0.6) is 0 Å². The van der Waals surface area contributed by atoms with Crippen LogP contribution in [0.2, 0.25) is 0 Å². The van der Waals surface area contributed by atoms with Crippen molar-refractivity contribution in [1.82, 2.24) is 5.32 Å². The topological polar surface area (TPSA) is 55.1 Å². The Hall–Kier alpha value is -1.42. The Morgan fingerprint density at radius 1 is 1.56 bits per heavy atom. The Morgan fingerprint density at radius 3 is 2.81 bits per heavy atom. The fourth-order valence-corrected chi connectivity index (χ4v) is 1.54. The molecule has 1 unspecified atom stereocenters. The van der Waals surface area contributed by atoms with Crippen LogP contribution in [0, 0.1) is 12.7 Å². The molecular weight excluding hydrogens is 207 g/mol. The van der Waals surface area contributed by atoms with Crippen molar-refractivity contribution < 1.29 is 9.18 Å². The van der Waals surface area contributed by atoms with Crippen molar-refractivity contribution in [2.45, 2.75) is 26.3 Å². The van der Waals surface area contributed by atoms with E-state index < -0.39 is 17.8 Å². The van der Waals surface area contributed by atoms with Gasteiger partial charge in [-0.3, -0.25) is 4.79 Å². The van der Waals surface area contributed by atoms with Gasteiger partial charge in [0, 0.05) is 5.56 Å². The first-order valence-electron chi connectivity index (χ1n) is 5.35. The van der Waals surface area contributed by atoms with Gasteiger partial charge in [-0.25, -0.2) is 4.39 Å². The molecule has 1 atom stereocenters. The largest absolute Gasteiger partial charge is 0.368 e. The molecule has 1 rings (SSSR count). The minimum Gasteiger partial charge on any atom is -0.368 e. The lowest BCUT2D eigenvalue weighted by molar-refractivity contribution is -0.120. The van der Waals surface area contributed by atoms with Crippen LogP contribution in [0.1, 0.15) is 30.5 Å². The molecule has 16 heavy (non-hydrogen) atoms. The first-order valence-corrected chi connectivity index (χ1v) is 5.35. The van der Waals surface area contributed by atoms with Gasteiger partial charge in [-0.15, -0.1) is 0 Å². The zero-order valence-corrected chi connectivity index (χ0v) is 9.59. The van der Waals surface area contributed by atoms with Crippen molar-refractivity contribution in [2.75, 3.05) is 6.54 Å². The zero-order chi connectivity index (χ0) is 12.1. The number of hydrogen-bond donors (Lipinski definition) is 2. The average molecular weight is 224 g/mol. The molecule has 0 saturated heterocycles. The van der Waals surface area contributed by atoms with Gasteiger partial charge in [-0.2, -0.15) is 0 Å². The average Bonchev–Trinajstić information content (AvgIpc) is 2.23. The molecule has 0 heterocycles. The lowest BCUT2D eigenvalue weighted by Crippen LogP contribution is -2.34. The molecule has 0 fully saturated rings. The molecular formula is C12H17FN2O. The van der Waals surface area contributed by atoms with Crippen LogP contribution < -0.4 is 11.1 Å². The summed E-state index contributed by atoms with van der Waals surface area (Å²) in [4.78, 5) is 11.3. The van der Waals surface area contributed by atoms with E-state index in [2.05, 4.69) is 5.32 Å². The number of rotatable bonds is 5. The molecule has 0 aliphatic carbocycles. The fourth-order valence-electron chi connectivity index (χ4n) is 1.54. The number of aryl methyl sites for hydroxylation is 1. The van der Waals surface area contributed by atoms with Crippen molar-refractivity contribution in [2.24, 2.45) is 5.73 Å². The molecule has 0 aliphatic rings. The Morgan fingerprint density at radius 2 is 2.25 bits per heavy atom. The molecule has 1 aromatic carbocycles. The molecule has 0 aliphatic heterocycles. The Labute approximate surface area is 94.8 Å². The highest BCUT2D eigenvalue weighted by atomic mass is 19.1. The third-order valence-electron chi connectivity index (χ3n) is 2.35. The van der Waals surface area contributed by atoms with Gasteiger partial charge in [0.05, 0.1) is 0 Å². The lowest BCUT2D eigenvalue weighted by Gasteiger charge is -2.16. The number of nitrogens with one attached hydrogen (secondary N) is 1. The third-order valence-corrected chi connectivity index (χ3v) is 2.35. The summed E-state index contributed by atoms with van der Waals surface area (Å²) < 4.78 is 13.6. The summed E-state index contributed by atoms with van der Waals surface area (Å²) in [5.74, 6) is -0.962. The minimum absolute atomic E-state index is 0.320. The molecule has 1 amide bonds. The number of carbonyl (C=O) groups excluding carboxylic acids is 1. The Kier molecular flexibility index (Phi) is 4.43. The van der Waals surface area contributed by atoms with E-state index >= 15 is 0 Å². The van der Waals surface area contributed by atoms with Crippen molar-refractivity contribution in [3.63, 3.8) is 0 Å². The molecule has 0 radical (unpaired) electrons. The molecule has 0 spiro atoms. The number of nitrogens with two attached hydrogens (primary N) is 1. The van der Waals surface area contributed by atoms with Crippen LogP contribution in [-0.4, -0.2) is 12.5 Å². The normalized spacial score (nSPS) is 12.4. The highest BCUT2D eigenvalue weighted by Crippen LogP contribution is 2.18. The summed E-state index contributed by atoms with van der Waals surface area (Å²) in [5.41, 5.74) is 6.48. The van der Waals surface area contributed by atoms with Crippen LogP contribution in [0.4, 0.5) is 4.39 Å². The molecule has 3 nitrogen and oxygen atoms in total. The standard InChI is InChI=1S/C12H17FN2O/c1-3-6-15-11(12(14)16)9-7-8(2)4-5-10(9)13/h4-5,7,11,15H,3,6H2,1-2H3,(H2,14,16). The number of carbonyl (C=O) groups is 1. The van der Waals surface area contributed by atoms with Gasteiger partial charge in [0.2, 0.25) is 5.91 Å². The maximum atomic E-state index is 13.6. The first kappa shape index (κ1) is 12.6. The van der Waals surface area contributed by atoms with Crippen LogP contribution in [0.25, 0.3) is 0 Å². The number of primary amides is 1. The molecule has 88 valence electrons. The van der Waals surface area contributed by atoms with Crippen LogP contribution >= 0.6 is 0 Å². The molecule has 0 bridgehead atoms. The number of hydrogen-bond acceptors (Lipinski definition) is 2. The maximum absolute atomic E-state index is 13.6. The number of halogens is 1. The van der Waals surface area contributed by atoms with Crippen LogP contribution in [0.3, 0.4) is 0 Å². The van der Waals surface area contributed by atoms with Gasteiger partial charge < -0.3 is 11.1 Å². The van der Waals surface area contributed by atoms with Crippen molar-refractivity contribution >= 4 is 5.91 Å². The van der Waals surface area contributed by atoms with E-state index in [0.717, 1.165) is 12.0 Å². The Balaban J connectivity index is 3.00. The summed E-state index contributed by atoms with van der Waals surface area (Å²) in [7, 11) is 0. The van der Waals surface area contributed by atoms with E-state index in [4.69, 9.17) is 5.73 Å². The zero-order valence-electron chi connectivity index (χ0n) is 9.59. The van der Waals surface area contributed by atoms with E-state index in [1.807, 2.05) is 13.8 Å². The van der Waals surface area contributed by atoms with E-state index in [-0.39, 0.29) is 0 Å². The lowest BCUT2D eigenvalue weighted by atomic mass is 10.0. The predicted molar refractivity (Wildman–Crippen MR) is 61.4 cm³/mol. The minimum atomic E-state index is -0.750. The van der Waals surface area contributed by atoms with E-state index in [1.54, 1.807) is 12.1 Å². The number of amides is 1. The summed E-state index contributed by atoms with van der Waals surface area (Å²) in [6.07, 6.45) is 0.858. The third kappa shape index (κ3) is 3.03.